The average molecular weight is 224 g/mol. The molecule has 0 radical (unpaired) electrons. The molecular formula is C16H16O. The Hall–Kier alpha value is -1.76. The maximum atomic E-state index is 9.55. The molecule has 1 aliphatic rings. The van der Waals surface area contributed by atoms with Crippen LogP contribution in [0.25, 0.3) is 11.1 Å². The van der Waals surface area contributed by atoms with E-state index in [9.17, 15) is 5.11 Å². The third kappa shape index (κ3) is 1.62. The van der Waals surface area contributed by atoms with Gasteiger partial charge in [0.1, 0.15) is 5.75 Å². The summed E-state index contributed by atoms with van der Waals surface area (Å²) in [6.45, 7) is 4.33. The van der Waals surface area contributed by atoms with E-state index in [-0.39, 0.29) is 0 Å². The normalized spacial score (nSPS) is 13.1. The van der Waals surface area contributed by atoms with Gasteiger partial charge in [0, 0.05) is 0 Å². The first-order chi connectivity index (χ1) is 8.15. The van der Waals surface area contributed by atoms with Crippen LogP contribution in [-0.4, -0.2) is 5.11 Å². The predicted octanol–water partition coefficient (Wildman–Crippen LogP) is 3.77. The van der Waals surface area contributed by atoms with Gasteiger partial charge in [0.15, 0.2) is 0 Å². The number of aryl methyl sites for hydroxylation is 3. The highest BCUT2D eigenvalue weighted by atomic mass is 16.3. The van der Waals surface area contributed by atoms with Gasteiger partial charge in [-0.25, -0.2) is 0 Å². The van der Waals surface area contributed by atoms with Crippen molar-refractivity contribution in [3.8, 4) is 16.9 Å². The lowest BCUT2D eigenvalue weighted by Gasteiger charge is -2.22. The zero-order chi connectivity index (χ0) is 12.0. The van der Waals surface area contributed by atoms with Gasteiger partial charge in [0.2, 0.25) is 0 Å². The molecule has 0 bridgehead atoms. The van der Waals surface area contributed by atoms with Crippen LogP contribution in [0.1, 0.15) is 22.3 Å². The molecule has 0 aromatic heterocycles. The number of hydrogen-bond donors (Lipinski definition) is 1. The fraction of sp³-hybridized carbons (Fsp3) is 0.250. The van der Waals surface area contributed by atoms with Crippen LogP contribution >= 0.6 is 0 Å². The number of aromatic hydroxyl groups is 1. The van der Waals surface area contributed by atoms with Crippen LogP contribution in [0.2, 0.25) is 0 Å². The molecule has 0 aliphatic heterocycles. The molecule has 0 saturated heterocycles. The van der Waals surface area contributed by atoms with Crippen molar-refractivity contribution in [1.82, 2.24) is 0 Å². The maximum absolute atomic E-state index is 9.55. The Labute approximate surface area is 102 Å². The first-order valence-electron chi connectivity index (χ1n) is 6.07. The number of hydrogen-bond acceptors (Lipinski definition) is 1. The van der Waals surface area contributed by atoms with Crippen LogP contribution in [-0.2, 0) is 12.8 Å². The quantitative estimate of drug-likeness (QED) is 0.722. The molecule has 0 amide bonds. The molecule has 0 atom stereocenters. The van der Waals surface area contributed by atoms with Gasteiger partial charge in [-0.2, -0.15) is 0 Å². The second-order valence-corrected chi connectivity index (χ2v) is 4.95. The van der Waals surface area contributed by atoms with Crippen molar-refractivity contribution in [3.05, 3.63) is 52.6 Å². The third-order valence-corrected chi connectivity index (χ3v) is 3.64. The van der Waals surface area contributed by atoms with E-state index < -0.39 is 0 Å². The summed E-state index contributed by atoms with van der Waals surface area (Å²) in [5.74, 6) is 0.372. The highest BCUT2D eigenvalue weighted by Gasteiger charge is 2.18. The molecule has 17 heavy (non-hydrogen) atoms. The minimum absolute atomic E-state index is 0.372. The zero-order valence-electron chi connectivity index (χ0n) is 10.2. The van der Waals surface area contributed by atoms with Crippen molar-refractivity contribution < 1.29 is 5.11 Å². The van der Waals surface area contributed by atoms with E-state index in [1.807, 2.05) is 12.1 Å². The largest absolute Gasteiger partial charge is 0.508 e. The Morgan fingerprint density at radius 1 is 0.941 bits per heavy atom. The van der Waals surface area contributed by atoms with E-state index in [4.69, 9.17) is 0 Å². The SMILES string of the molecule is Cc1cc(C)c2c(c1)-c1ccc(O)cc1CC2. The Bertz CT molecular complexity index is 597. The van der Waals surface area contributed by atoms with Crippen LogP contribution in [0.5, 0.6) is 5.75 Å². The van der Waals surface area contributed by atoms with Crippen LogP contribution < -0.4 is 0 Å². The van der Waals surface area contributed by atoms with Gasteiger partial charge >= 0.3 is 0 Å². The van der Waals surface area contributed by atoms with Crippen LogP contribution in [0, 0.1) is 13.8 Å². The molecule has 1 N–H and O–H groups in total. The van der Waals surface area contributed by atoms with E-state index in [1.165, 1.54) is 33.4 Å². The molecule has 86 valence electrons. The summed E-state index contributed by atoms with van der Waals surface area (Å²) in [6.07, 6.45) is 2.11. The first-order valence-corrected chi connectivity index (χ1v) is 6.07. The van der Waals surface area contributed by atoms with E-state index in [1.54, 1.807) is 6.07 Å². The fourth-order valence-electron chi connectivity index (χ4n) is 2.88. The van der Waals surface area contributed by atoms with Gasteiger partial charge in [-0.15, -0.1) is 0 Å². The molecule has 0 saturated carbocycles. The Morgan fingerprint density at radius 2 is 1.76 bits per heavy atom. The molecule has 1 nitrogen and oxygen atoms in total. The van der Waals surface area contributed by atoms with Crippen LogP contribution in [0.3, 0.4) is 0 Å². The van der Waals surface area contributed by atoms with Gasteiger partial charge in [-0.1, -0.05) is 23.8 Å². The Morgan fingerprint density at radius 3 is 2.59 bits per heavy atom. The molecule has 2 aromatic rings. The molecule has 1 aliphatic carbocycles. The molecule has 3 rings (SSSR count). The molecule has 0 spiro atoms. The van der Waals surface area contributed by atoms with E-state index in [0.717, 1.165) is 12.8 Å². The van der Waals surface area contributed by atoms with Crippen molar-refractivity contribution in [2.45, 2.75) is 26.7 Å². The first kappa shape index (κ1) is 10.4. The van der Waals surface area contributed by atoms with Crippen LogP contribution in [0.15, 0.2) is 30.3 Å². The topological polar surface area (TPSA) is 20.2 Å². The van der Waals surface area contributed by atoms with Crippen molar-refractivity contribution >= 4 is 0 Å². The van der Waals surface area contributed by atoms with E-state index >= 15 is 0 Å². The highest BCUT2D eigenvalue weighted by molar-refractivity contribution is 5.75. The third-order valence-electron chi connectivity index (χ3n) is 3.64. The summed E-state index contributed by atoms with van der Waals surface area (Å²) >= 11 is 0. The average Bonchev–Trinajstić information content (AvgIpc) is 2.27. The van der Waals surface area contributed by atoms with Gasteiger partial charge in [0.25, 0.3) is 0 Å². The minimum atomic E-state index is 0.372. The van der Waals surface area contributed by atoms with E-state index in [0.29, 0.717) is 5.75 Å². The summed E-state index contributed by atoms with van der Waals surface area (Å²) in [5.41, 5.74) is 8.07. The maximum Gasteiger partial charge on any atom is 0.115 e. The van der Waals surface area contributed by atoms with Crippen molar-refractivity contribution in [3.63, 3.8) is 0 Å². The van der Waals surface area contributed by atoms with Gasteiger partial charge < -0.3 is 5.11 Å². The minimum Gasteiger partial charge on any atom is -0.508 e. The van der Waals surface area contributed by atoms with E-state index in [2.05, 4.69) is 26.0 Å². The molecule has 2 aromatic carbocycles. The summed E-state index contributed by atoms with van der Waals surface area (Å²) in [6, 6.07) is 10.2. The zero-order valence-corrected chi connectivity index (χ0v) is 10.2. The monoisotopic (exact) mass is 224 g/mol. The summed E-state index contributed by atoms with van der Waals surface area (Å²) in [5, 5.41) is 9.55. The lowest BCUT2D eigenvalue weighted by Crippen LogP contribution is -2.06. The number of phenols is 1. The van der Waals surface area contributed by atoms with Gasteiger partial charge in [0.05, 0.1) is 0 Å². The van der Waals surface area contributed by atoms with Crippen molar-refractivity contribution in [1.29, 1.82) is 0 Å². The van der Waals surface area contributed by atoms with Crippen molar-refractivity contribution in [2.24, 2.45) is 0 Å². The van der Waals surface area contributed by atoms with Gasteiger partial charge in [-0.3, -0.25) is 0 Å². The highest BCUT2D eigenvalue weighted by Crippen LogP contribution is 2.37. The Balaban J connectivity index is 2.29. The molecule has 0 unspecified atom stereocenters. The molecule has 0 heterocycles. The number of phenolic OH excluding ortho intramolecular Hbond substituents is 1. The standard InChI is InChI=1S/C16H16O/c1-10-7-11(2)14-5-3-12-9-13(17)4-6-15(12)16(14)8-10/h4,6-9,17H,3,5H2,1-2H3. The summed E-state index contributed by atoms with van der Waals surface area (Å²) in [4.78, 5) is 0. The molecule has 1 heteroatoms. The lowest BCUT2D eigenvalue weighted by molar-refractivity contribution is 0.474. The predicted molar refractivity (Wildman–Crippen MR) is 70.4 cm³/mol. The number of benzene rings is 2. The second-order valence-electron chi connectivity index (χ2n) is 4.95. The number of rotatable bonds is 0. The molecule has 0 fully saturated rings. The molecular weight excluding hydrogens is 208 g/mol. The van der Waals surface area contributed by atoms with Gasteiger partial charge in [-0.05, 0) is 66.6 Å². The second kappa shape index (κ2) is 3.63. The fourth-order valence-corrected chi connectivity index (χ4v) is 2.88. The van der Waals surface area contributed by atoms with Crippen molar-refractivity contribution in [2.75, 3.05) is 0 Å². The lowest BCUT2D eigenvalue weighted by atomic mass is 9.82. The van der Waals surface area contributed by atoms with Crippen LogP contribution in [0.4, 0.5) is 0 Å². The summed E-state index contributed by atoms with van der Waals surface area (Å²) in [7, 11) is 0. The number of fused-ring (bicyclic) bond motifs is 3. The summed E-state index contributed by atoms with van der Waals surface area (Å²) < 4.78 is 0. The smallest absolute Gasteiger partial charge is 0.115 e. The Kier molecular flexibility index (Phi) is 2.22.